The molecule has 1 aliphatic heterocycles. The van der Waals surface area contributed by atoms with Gasteiger partial charge in [0.05, 0.1) is 25.1 Å². The molecule has 0 aliphatic carbocycles. The second-order valence-corrected chi connectivity index (χ2v) is 11.8. The van der Waals surface area contributed by atoms with Gasteiger partial charge in [0, 0.05) is 19.3 Å². The van der Waals surface area contributed by atoms with E-state index in [1.54, 1.807) is 30.9 Å². The zero-order valence-electron chi connectivity index (χ0n) is 24.9. The molecule has 0 radical (unpaired) electrons. The summed E-state index contributed by atoms with van der Waals surface area (Å²) in [5, 5.41) is 5.47. The van der Waals surface area contributed by atoms with Crippen LogP contribution in [0.1, 0.15) is 63.8 Å². The molecule has 43 heavy (non-hydrogen) atoms. The van der Waals surface area contributed by atoms with Gasteiger partial charge in [-0.15, -0.1) is 0 Å². The van der Waals surface area contributed by atoms with Crippen molar-refractivity contribution in [2.24, 2.45) is 11.7 Å². The Bertz CT molecular complexity index is 1340. The van der Waals surface area contributed by atoms with Crippen LogP contribution < -0.4 is 16.4 Å². The molecule has 2 aromatic carbocycles. The molecule has 2 heterocycles. The van der Waals surface area contributed by atoms with E-state index < -0.39 is 29.4 Å². The van der Waals surface area contributed by atoms with Crippen molar-refractivity contribution in [2.75, 3.05) is 25.0 Å². The summed E-state index contributed by atoms with van der Waals surface area (Å²) in [5.74, 6) is -0.152. The average Bonchev–Trinajstić information content (AvgIpc) is 3.41. The number of aromatic nitrogens is 2. The van der Waals surface area contributed by atoms with E-state index in [9.17, 15) is 14.4 Å². The molecule has 4 N–H and O–H groups in total. The lowest BCUT2D eigenvalue weighted by Gasteiger charge is -2.33. The lowest BCUT2D eigenvalue weighted by Crippen LogP contribution is -2.56. The van der Waals surface area contributed by atoms with Crippen LogP contribution in [0.25, 0.3) is 0 Å². The van der Waals surface area contributed by atoms with Crippen LogP contribution in [0, 0.1) is 12.8 Å². The first kappa shape index (κ1) is 33.5. The number of carbonyl (C=O) groups excluding carboxylic acids is 3. The highest BCUT2D eigenvalue weighted by Gasteiger charge is 2.31. The molecule has 2 atom stereocenters. The van der Waals surface area contributed by atoms with Gasteiger partial charge in [-0.25, -0.2) is 4.98 Å². The Morgan fingerprint density at radius 3 is 2.35 bits per heavy atom. The summed E-state index contributed by atoms with van der Waals surface area (Å²) < 4.78 is 7.50. The van der Waals surface area contributed by atoms with Gasteiger partial charge in [0.25, 0.3) is 5.91 Å². The number of nitrogens with one attached hydrogen (secondary N) is 2. The van der Waals surface area contributed by atoms with Crippen LogP contribution in [0.2, 0.25) is 0 Å². The predicted octanol–water partition coefficient (Wildman–Crippen LogP) is 4.05. The maximum absolute atomic E-state index is 13.8. The molecule has 10 nitrogen and oxygen atoms in total. The van der Waals surface area contributed by atoms with E-state index in [1.165, 1.54) is 0 Å². The lowest BCUT2D eigenvalue weighted by atomic mass is 9.97. The van der Waals surface area contributed by atoms with Gasteiger partial charge in [-0.3, -0.25) is 14.4 Å². The van der Waals surface area contributed by atoms with Crippen LogP contribution in [-0.2, 0) is 25.7 Å². The van der Waals surface area contributed by atoms with E-state index in [0.717, 1.165) is 29.5 Å². The predicted molar refractivity (Wildman–Crippen MR) is 168 cm³/mol. The number of aryl methyl sites for hydroxylation is 1. The third-order valence-electron chi connectivity index (χ3n) is 7.48. The summed E-state index contributed by atoms with van der Waals surface area (Å²) in [6.07, 6.45) is 5.13. The molecule has 1 aromatic heterocycles. The number of rotatable bonds is 11. The number of anilines is 1. The molecule has 10 heteroatoms. The molecular weight excluding hydrogens is 544 g/mol. The van der Waals surface area contributed by atoms with E-state index in [1.807, 2.05) is 66.4 Å². The van der Waals surface area contributed by atoms with Crippen LogP contribution in [-0.4, -0.2) is 63.4 Å². The lowest BCUT2D eigenvalue weighted by molar-refractivity contribution is -0.135. The smallest absolute Gasteiger partial charge is 0.250 e. The fraction of sp³-hybridized carbons (Fsp3) is 0.455. The number of imidazole rings is 1. The molecule has 3 amide bonds. The topological polar surface area (TPSA) is 132 Å². The molecule has 1 aliphatic rings. The second-order valence-electron chi connectivity index (χ2n) is 11.8. The third-order valence-corrected chi connectivity index (χ3v) is 7.48. The van der Waals surface area contributed by atoms with Crippen LogP contribution in [0.4, 0.5) is 5.82 Å². The van der Waals surface area contributed by atoms with Crippen molar-refractivity contribution in [3.05, 3.63) is 83.8 Å². The Labute approximate surface area is 255 Å². The van der Waals surface area contributed by atoms with Gasteiger partial charge in [0.15, 0.2) is 5.82 Å². The van der Waals surface area contributed by atoms with Crippen molar-refractivity contribution in [1.29, 1.82) is 0 Å². The summed E-state index contributed by atoms with van der Waals surface area (Å²) in [6.45, 7) is 8.97. The fourth-order valence-corrected chi connectivity index (χ4v) is 4.74. The monoisotopic (exact) mass is 590 g/mol. The second kappa shape index (κ2) is 14.9. The van der Waals surface area contributed by atoms with Crippen molar-refractivity contribution >= 4 is 23.5 Å². The van der Waals surface area contributed by atoms with Gasteiger partial charge >= 0.3 is 0 Å². The van der Waals surface area contributed by atoms with Gasteiger partial charge in [-0.1, -0.05) is 74.5 Å². The summed E-state index contributed by atoms with van der Waals surface area (Å²) in [6, 6.07) is 15.8. The number of likely N-dealkylation sites (tertiary alicyclic amines) is 1. The van der Waals surface area contributed by atoms with Crippen LogP contribution in [0.15, 0.2) is 67.1 Å². The highest BCUT2D eigenvalue weighted by molar-refractivity contribution is 5.98. The number of hydrogen-bond donors (Lipinski definition) is 3. The molecule has 232 valence electrons. The largest absolute Gasteiger partial charge is 0.374 e. The molecule has 1 unspecified atom stereocenters. The van der Waals surface area contributed by atoms with Crippen molar-refractivity contribution < 1.29 is 19.1 Å². The third kappa shape index (κ3) is 9.23. The number of nitrogens with zero attached hydrogens (tertiary/aromatic N) is 3. The van der Waals surface area contributed by atoms with Gasteiger partial charge in [0.2, 0.25) is 11.8 Å². The number of ether oxygens (including phenoxy) is 1. The van der Waals surface area contributed by atoms with E-state index in [0.29, 0.717) is 19.0 Å². The zero-order valence-corrected chi connectivity index (χ0v) is 24.9. The summed E-state index contributed by atoms with van der Waals surface area (Å²) in [5.41, 5.74) is 7.65. The van der Waals surface area contributed by atoms with E-state index in [4.69, 9.17) is 10.5 Å². The highest BCUT2D eigenvalue weighted by atomic mass is 16.5. The van der Waals surface area contributed by atoms with E-state index in [-0.39, 0.29) is 32.4 Å². The normalized spacial score (nSPS) is 15.2. The number of nitrogens with two attached hydrogens (primary N) is 1. The molecule has 1 saturated heterocycles. The SMILES string of the molecule is C.Cc1ccc(C(C(=O)N2CCC(C)CC2)n2cnc(NC(=O)[C@@H](COCc3ccccc3)NC(=O)C(C)(C)N)c2)cc1. The Hall–Kier alpha value is -4.02. The minimum absolute atomic E-state index is 0. The van der Waals surface area contributed by atoms with Gasteiger partial charge in [0.1, 0.15) is 12.1 Å². The number of benzene rings is 2. The first-order chi connectivity index (χ1) is 20.0. The Kier molecular flexibility index (Phi) is 11.6. The number of amides is 3. The maximum atomic E-state index is 13.8. The summed E-state index contributed by atoms with van der Waals surface area (Å²) in [4.78, 5) is 46.1. The first-order valence-corrected chi connectivity index (χ1v) is 14.4. The Morgan fingerprint density at radius 1 is 1.07 bits per heavy atom. The fourth-order valence-electron chi connectivity index (χ4n) is 4.74. The maximum Gasteiger partial charge on any atom is 0.250 e. The van der Waals surface area contributed by atoms with Crippen LogP contribution in [0.5, 0.6) is 0 Å². The molecular formula is C33H46N6O4. The average molecular weight is 591 g/mol. The minimum Gasteiger partial charge on any atom is -0.374 e. The number of hydrogen-bond acceptors (Lipinski definition) is 6. The van der Waals surface area contributed by atoms with Crippen molar-refractivity contribution in [3.8, 4) is 0 Å². The van der Waals surface area contributed by atoms with E-state index in [2.05, 4.69) is 22.5 Å². The Balaban J connectivity index is 0.00000506. The quantitative estimate of drug-likeness (QED) is 0.309. The molecule has 4 rings (SSSR count). The zero-order chi connectivity index (χ0) is 30.3. The van der Waals surface area contributed by atoms with Crippen molar-refractivity contribution in [3.63, 3.8) is 0 Å². The summed E-state index contributed by atoms with van der Waals surface area (Å²) >= 11 is 0. The van der Waals surface area contributed by atoms with Crippen molar-refractivity contribution in [1.82, 2.24) is 19.8 Å². The van der Waals surface area contributed by atoms with Crippen LogP contribution >= 0.6 is 0 Å². The number of piperidine rings is 1. The van der Waals surface area contributed by atoms with Gasteiger partial charge in [-0.2, -0.15) is 0 Å². The highest BCUT2D eigenvalue weighted by Crippen LogP contribution is 2.26. The molecule has 0 bridgehead atoms. The molecule has 1 fully saturated rings. The van der Waals surface area contributed by atoms with Crippen LogP contribution in [0.3, 0.4) is 0 Å². The van der Waals surface area contributed by atoms with Gasteiger partial charge in [-0.05, 0) is 50.7 Å². The van der Waals surface area contributed by atoms with E-state index >= 15 is 0 Å². The number of carbonyl (C=O) groups is 3. The van der Waals surface area contributed by atoms with Gasteiger partial charge < -0.3 is 30.6 Å². The molecule has 3 aromatic rings. The summed E-state index contributed by atoms with van der Waals surface area (Å²) in [7, 11) is 0. The minimum atomic E-state index is -1.19. The van der Waals surface area contributed by atoms with Crippen molar-refractivity contribution in [2.45, 2.75) is 72.2 Å². The first-order valence-electron chi connectivity index (χ1n) is 14.4. The Morgan fingerprint density at radius 2 is 1.72 bits per heavy atom. The molecule has 0 spiro atoms. The molecule has 0 saturated carbocycles. The standard InChI is InChI=1S/C32H42N6O4.CH4/c1-22-10-12-25(13-11-22)28(30(40)37-16-14-23(2)15-17-37)38-18-27(34-21-38)36-29(39)26(35-31(41)32(3,4)33)20-42-19-24-8-6-5-7-9-24;/h5-13,18,21,23,26,28H,14-17,19-20,33H2,1-4H3,(H,35,41)(H,36,39);1H4/t26-,28?;/m1./s1.